The second-order valence-corrected chi connectivity index (χ2v) is 9.53. The fourth-order valence-electron chi connectivity index (χ4n) is 3.77. The molecule has 4 rings (SSSR count). The number of aryl methyl sites for hydroxylation is 3. The van der Waals surface area contributed by atoms with Gasteiger partial charge in [0.2, 0.25) is 5.91 Å². The maximum absolute atomic E-state index is 13.0. The van der Waals surface area contributed by atoms with Crippen LogP contribution in [0.4, 0.5) is 5.69 Å². The van der Waals surface area contributed by atoms with Crippen LogP contribution in [0.1, 0.15) is 23.6 Å². The molecule has 1 aromatic heterocycles. The van der Waals surface area contributed by atoms with Gasteiger partial charge in [0.15, 0.2) is 11.0 Å². The maximum atomic E-state index is 13.0. The van der Waals surface area contributed by atoms with Crippen LogP contribution in [0.3, 0.4) is 0 Å². The van der Waals surface area contributed by atoms with E-state index in [9.17, 15) is 9.90 Å². The van der Waals surface area contributed by atoms with Gasteiger partial charge in [-0.05, 0) is 56.0 Å². The summed E-state index contributed by atoms with van der Waals surface area (Å²) >= 11 is 1.36. The van der Waals surface area contributed by atoms with Crippen LogP contribution >= 0.6 is 11.8 Å². The SMILES string of the molecule is Cc1cccc(C)c1NC(=O)[C@H](C)Sc1nnc(-c2ccccc2O)n1CCc1ccccc1. The van der Waals surface area contributed by atoms with Crippen molar-refractivity contribution in [1.82, 2.24) is 14.8 Å². The lowest BCUT2D eigenvalue weighted by Crippen LogP contribution is -2.24. The zero-order chi connectivity index (χ0) is 24.1. The Bertz CT molecular complexity index is 1270. The monoisotopic (exact) mass is 472 g/mol. The Morgan fingerprint density at radius 1 is 0.971 bits per heavy atom. The van der Waals surface area contributed by atoms with E-state index in [1.54, 1.807) is 12.1 Å². The van der Waals surface area contributed by atoms with Crippen molar-refractivity contribution in [3.63, 3.8) is 0 Å². The summed E-state index contributed by atoms with van der Waals surface area (Å²) in [6, 6.07) is 23.2. The number of phenolic OH excluding ortho intramolecular Hbond substituents is 1. The first-order valence-corrected chi connectivity index (χ1v) is 12.1. The van der Waals surface area contributed by atoms with Crippen LogP contribution in [-0.2, 0) is 17.8 Å². The maximum Gasteiger partial charge on any atom is 0.237 e. The van der Waals surface area contributed by atoms with Crippen molar-refractivity contribution in [2.45, 2.75) is 44.1 Å². The number of aromatic nitrogens is 3. The van der Waals surface area contributed by atoms with Gasteiger partial charge >= 0.3 is 0 Å². The lowest BCUT2D eigenvalue weighted by Gasteiger charge is -2.16. The number of amides is 1. The third-order valence-electron chi connectivity index (χ3n) is 5.71. The number of rotatable bonds is 8. The summed E-state index contributed by atoms with van der Waals surface area (Å²) in [6.07, 6.45) is 0.774. The molecule has 3 aromatic carbocycles. The van der Waals surface area contributed by atoms with Gasteiger partial charge in [-0.25, -0.2) is 0 Å². The average Bonchev–Trinajstić information content (AvgIpc) is 3.23. The normalized spacial score (nSPS) is 11.9. The lowest BCUT2D eigenvalue weighted by molar-refractivity contribution is -0.115. The van der Waals surface area contributed by atoms with Crippen molar-refractivity contribution in [3.8, 4) is 17.1 Å². The van der Waals surface area contributed by atoms with Crippen molar-refractivity contribution < 1.29 is 9.90 Å². The molecular weight excluding hydrogens is 444 g/mol. The predicted octanol–water partition coefficient (Wildman–Crippen LogP) is 5.63. The number of nitrogens with zero attached hydrogens (tertiary/aromatic N) is 3. The molecule has 0 saturated carbocycles. The molecule has 174 valence electrons. The molecule has 0 bridgehead atoms. The fraction of sp³-hybridized carbons (Fsp3) is 0.222. The van der Waals surface area contributed by atoms with E-state index in [0.29, 0.717) is 23.1 Å². The number of hydrogen-bond donors (Lipinski definition) is 2. The fourth-order valence-corrected chi connectivity index (χ4v) is 4.65. The standard InChI is InChI=1S/C27H28N4O2S/c1-18-10-9-11-19(2)24(18)28-26(33)20(3)34-27-30-29-25(22-14-7-8-15-23(22)32)31(27)17-16-21-12-5-4-6-13-21/h4-15,20,32H,16-17H2,1-3H3,(H,28,33)/t20-/m0/s1. The molecule has 4 aromatic rings. The Hall–Kier alpha value is -3.58. The van der Waals surface area contributed by atoms with E-state index in [2.05, 4.69) is 27.6 Å². The molecule has 0 fully saturated rings. The van der Waals surface area contributed by atoms with E-state index >= 15 is 0 Å². The highest BCUT2D eigenvalue weighted by atomic mass is 32.2. The van der Waals surface area contributed by atoms with E-state index in [-0.39, 0.29) is 11.7 Å². The molecule has 0 unspecified atom stereocenters. The number of benzene rings is 3. The summed E-state index contributed by atoms with van der Waals surface area (Å²) in [5.74, 6) is 0.635. The Morgan fingerprint density at radius 2 is 1.65 bits per heavy atom. The number of carbonyl (C=O) groups is 1. The van der Waals surface area contributed by atoms with Gasteiger partial charge in [-0.1, -0.05) is 72.4 Å². The highest BCUT2D eigenvalue weighted by Crippen LogP contribution is 2.32. The summed E-state index contributed by atoms with van der Waals surface area (Å²) in [6.45, 7) is 6.45. The number of nitrogens with one attached hydrogen (secondary N) is 1. The van der Waals surface area contributed by atoms with Crippen LogP contribution < -0.4 is 5.32 Å². The minimum absolute atomic E-state index is 0.0934. The predicted molar refractivity (Wildman–Crippen MR) is 137 cm³/mol. The largest absolute Gasteiger partial charge is 0.507 e. The molecule has 0 aliphatic heterocycles. The molecule has 0 radical (unpaired) electrons. The van der Waals surface area contributed by atoms with Crippen LogP contribution in [0.25, 0.3) is 11.4 Å². The molecule has 0 spiro atoms. The minimum atomic E-state index is -0.393. The summed E-state index contributed by atoms with van der Waals surface area (Å²) in [5.41, 5.74) is 4.70. The Kier molecular flexibility index (Phi) is 7.33. The third kappa shape index (κ3) is 5.31. The molecule has 7 heteroatoms. The van der Waals surface area contributed by atoms with Gasteiger partial charge in [0.25, 0.3) is 0 Å². The second-order valence-electron chi connectivity index (χ2n) is 8.23. The zero-order valence-corrected chi connectivity index (χ0v) is 20.3. The number of thioether (sulfide) groups is 1. The molecule has 34 heavy (non-hydrogen) atoms. The van der Waals surface area contributed by atoms with Crippen LogP contribution in [0.2, 0.25) is 0 Å². The topological polar surface area (TPSA) is 80.0 Å². The smallest absolute Gasteiger partial charge is 0.237 e. The van der Waals surface area contributed by atoms with Crippen LogP contribution in [0.5, 0.6) is 5.75 Å². The number of hydrogen-bond acceptors (Lipinski definition) is 5. The first kappa shape index (κ1) is 23.6. The van der Waals surface area contributed by atoms with Crippen LogP contribution in [0.15, 0.2) is 78.0 Å². The summed E-state index contributed by atoms with van der Waals surface area (Å²) in [4.78, 5) is 13.0. The van der Waals surface area contributed by atoms with Gasteiger partial charge < -0.3 is 15.0 Å². The number of phenols is 1. The number of aromatic hydroxyl groups is 1. The minimum Gasteiger partial charge on any atom is -0.507 e. The first-order valence-electron chi connectivity index (χ1n) is 11.2. The van der Waals surface area contributed by atoms with Crippen molar-refractivity contribution in [3.05, 3.63) is 89.5 Å². The number of para-hydroxylation sites is 2. The molecular formula is C27H28N4O2S. The molecule has 1 atom stereocenters. The number of carbonyl (C=O) groups excluding carboxylic acids is 1. The average molecular weight is 473 g/mol. The second kappa shape index (κ2) is 10.6. The van der Waals surface area contributed by atoms with E-state index < -0.39 is 5.25 Å². The van der Waals surface area contributed by atoms with Crippen LogP contribution in [0, 0.1) is 13.8 Å². The molecule has 1 heterocycles. The zero-order valence-electron chi connectivity index (χ0n) is 19.5. The quantitative estimate of drug-likeness (QED) is 0.325. The van der Waals surface area contributed by atoms with E-state index in [4.69, 9.17) is 0 Å². The summed E-state index contributed by atoms with van der Waals surface area (Å²) in [7, 11) is 0. The van der Waals surface area contributed by atoms with E-state index in [0.717, 1.165) is 23.2 Å². The Balaban J connectivity index is 1.59. The molecule has 6 nitrogen and oxygen atoms in total. The van der Waals surface area contributed by atoms with Crippen molar-refractivity contribution in [2.24, 2.45) is 0 Å². The van der Waals surface area contributed by atoms with Gasteiger partial charge in [0.1, 0.15) is 5.75 Å². The van der Waals surface area contributed by atoms with Gasteiger partial charge in [-0.3, -0.25) is 4.79 Å². The van der Waals surface area contributed by atoms with Gasteiger partial charge in [-0.2, -0.15) is 0 Å². The van der Waals surface area contributed by atoms with E-state index in [1.807, 2.05) is 73.9 Å². The Morgan fingerprint density at radius 3 is 2.35 bits per heavy atom. The van der Waals surface area contributed by atoms with Gasteiger partial charge in [0.05, 0.1) is 10.8 Å². The highest BCUT2D eigenvalue weighted by molar-refractivity contribution is 8.00. The van der Waals surface area contributed by atoms with Gasteiger partial charge in [0, 0.05) is 12.2 Å². The van der Waals surface area contributed by atoms with Crippen molar-refractivity contribution in [2.75, 3.05) is 5.32 Å². The van der Waals surface area contributed by atoms with E-state index in [1.165, 1.54) is 17.3 Å². The lowest BCUT2D eigenvalue weighted by atomic mass is 10.1. The van der Waals surface area contributed by atoms with Crippen LogP contribution in [-0.4, -0.2) is 31.0 Å². The first-order chi connectivity index (χ1) is 16.4. The number of anilines is 1. The van der Waals surface area contributed by atoms with Crippen molar-refractivity contribution >= 4 is 23.4 Å². The third-order valence-corrected chi connectivity index (χ3v) is 6.79. The molecule has 1 amide bonds. The summed E-state index contributed by atoms with van der Waals surface area (Å²) in [5, 5.41) is 22.5. The van der Waals surface area contributed by atoms with Crippen molar-refractivity contribution in [1.29, 1.82) is 0 Å². The molecule has 0 aliphatic rings. The molecule has 2 N–H and O–H groups in total. The highest BCUT2D eigenvalue weighted by Gasteiger charge is 2.22. The summed E-state index contributed by atoms with van der Waals surface area (Å²) < 4.78 is 1.98. The Labute approximate surface area is 204 Å². The molecule has 0 aliphatic carbocycles. The molecule has 0 saturated heterocycles. The van der Waals surface area contributed by atoms with Gasteiger partial charge in [-0.15, -0.1) is 10.2 Å².